The van der Waals surface area contributed by atoms with Gasteiger partial charge in [-0.1, -0.05) is 12.1 Å². The van der Waals surface area contributed by atoms with Crippen molar-refractivity contribution in [3.8, 4) is 28.7 Å². The van der Waals surface area contributed by atoms with Crippen LogP contribution in [0, 0.1) is 19.7 Å². The number of pyridine rings is 1. The lowest BCUT2D eigenvalue weighted by atomic mass is 10.1. The lowest BCUT2D eigenvalue weighted by Gasteiger charge is -2.27. The SMILES string of the molecule is COc1cc(Nc2ncc(C)c(-c3cc4n(c3)C[C@H](C)n3c-4nnc3C(F)(F)c3ccccc3F)n2)c(C)cn1. The van der Waals surface area contributed by atoms with Gasteiger partial charge >= 0.3 is 5.92 Å². The van der Waals surface area contributed by atoms with Crippen LogP contribution >= 0.6 is 0 Å². The summed E-state index contributed by atoms with van der Waals surface area (Å²) in [5.41, 5.74) is 3.79. The molecule has 0 fully saturated rings. The smallest absolute Gasteiger partial charge is 0.334 e. The molecule has 0 saturated heterocycles. The first-order valence-electron chi connectivity index (χ1n) is 12.6. The molecule has 1 aliphatic rings. The van der Waals surface area contributed by atoms with Crippen molar-refractivity contribution >= 4 is 11.6 Å². The number of nitrogens with zero attached hydrogens (tertiary/aromatic N) is 7. The summed E-state index contributed by atoms with van der Waals surface area (Å²) in [5, 5.41) is 11.2. The van der Waals surface area contributed by atoms with Crippen LogP contribution in [0.15, 0.2) is 55.0 Å². The number of alkyl halides is 2. The van der Waals surface area contributed by atoms with Gasteiger partial charge in [0.1, 0.15) is 5.82 Å². The van der Waals surface area contributed by atoms with Crippen LogP contribution in [0.1, 0.15) is 35.5 Å². The minimum Gasteiger partial charge on any atom is -0.481 e. The van der Waals surface area contributed by atoms with Gasteiger partial charge in [0.25, 0.3) is 0 Å². The van der Waals surface area contributed by atoms with Crippen molar-refractivity contribution < 1.29 is 17.9 Å². The predicted octanol–water partition coefficient (Wildman–Crippen LogP) is 5.82. The van der Waals surface area contributed by atoms with Crippen molar-refractivity contribution in [3.05, 3.63) is 83.3 Å². The molecule has 9 nitrogen and oxygen atoms in total. The molecule has 204 valence electrons. The molecule has 0 amide bonds. The maximum atomic E-state index is 15.5. The van der Waals surface area contributed by atoms with Gasteiger partial charge in [0.05, 0.1) is 35.8 Å². The summed E-state index contributed by atoms with van der Waals surface area (Å²) in [6.07, 6.45) is 5.32. The first-order valence-corrected chi connectivity index (χ1v) is 12.6. The number of benzene rings is 1. The molecule has 5 aromatic rings. The number of hydrogen-bond donors (Lipinski definition) is 1. The number of ether oxygens (including phenoxy) is 1. The maximum Gasteiger partial charge on any atom is 0.334 e. The number of aromatic nitrogens is 7. The molecule has 1 aliphatic heterocycles. The van der Waals surface area contributed by atoms with Gasteiger partial charge in [0.2, 0.25) is 17.7 Å². The molecule has 0 saturated carbocycles. The number of methoxy groups -OCH3 is 1. The normalized spacial score (nSPS) is 14.5. The molecule has 1 atom stereocenters. The number of fused-ring (bicyclic) bond motifs is 3. The second-order valence-corrected chi connectivity index (χ2v) is 9.78. The lowest BCUT2D eigenvalue weighted by Crippen LogP contribution is -2.28. The van der Waals surface area contributed by atoms with E-state index in [0.717, 1.165) is 34.5 Å². The molecule has 0 spiro atoms. The van der Waals surface area contributed by atoms with Crippen LogP contribution < -0.4 is 10.1 Å². The standard InChI is InChI=1S/C28H25F3N8O/c1-15-11-32-23(40-4)10-21(15)34-27-33-12-16(2)24(35-27)18-9-22-25-36-37-26(39(25)17(3)13-38(22)14-18)28(30,31)19-7-5-6-8-20(19)29/h5-12,14,17H,13H2,1-4H3,(H,32,33,34,35)/t17-/m0/s1. The monoisotopic (exact) mass is 546 g/mol. The molecule has 6 rings (SSSR count). The fraction of sp³-hybridized carbons (Fsp3) is 0.250. The van der Waals surface area contributed by atoms with Gasteiger partial charge in [-0.2, -0.15) is 8.78 Å². The van der Waals surface area contributed by atoms with E-state index in [9.17, 15) is 4.39 Å². The lowest BCUT2D eigenvalue weighted by molar-refractivity contribution is 0.0231. The minimum absolute atomic E-state index is 0.278. The zero-order valence-electron chi connectivity index (χ0n) is 22.2. The zero-order chi connectivity index (χ0) is 28.2. The van der Waals surface area contributed by atoms with Crippen LogP contribution in [0.3, 0.4) is 0 Å². The van der Waals surface area contributed by atoms with Crippen molar-refractivity contribution in [2.75, 3.05) is 12.4 Å². The first-order chi connectivity index (χ1) is 19.2. The van der Waals surface area contributed by atoms with Gasteiger partial charge < -0.3 is 14.6 Å². The van der Waals surface area contributed by atoms with Crippen molar-refractivity contribution in [3.63, 3.8) is 0 Å². The van der Waals surface area contributed by atoms with E-state index >= 15 is 8.78 Å². The Hall–Kier alpha value is -4.74. The summed E-state index contributed by atoms with van der Waals surface area (Å²) < 4.78 is 54.0. The number of aryl methyl sites for hydroxylation is 2. The summed E-state index contributed by atoms with van der Waals surface area (Å²) in [4.78, 5) is 13.4. The molecule has 0 bridgehead atoms. The van der Waals surface area contributed by atoms with Gasteiger partial charge in [0.15, 0.2) is 5.82 Å². The second kappa shape index (κ2) is 9.47. The number of nitrogens with one attached hydrogen (secondary N) is 1. The van der Waals surface area contributed by atoms with Crippen LogP contribution in [-0.2, 0) is 12.5 Å². The van der Waals surface area contributed by atoms with Gasteiger partial charge in [-0.25, -0.2) is 19.3 Å². The predicted molar refractivity (Wildman–Crippen MR) is 142 cm³/mol. The first kappa shape index (κ1) is 25.5. The van der Waals surface area contributed by atoms with Crippen molar-refractivity contribution in [2.24, 2.45) is 0 Å². The average molecular weight is 547 g/mol. The molecule has 1 aromatic carbocycles. The molecule has 12 heteroatoms. The highest BCUT2D eigenvalue weighted by atomic mass is 19.3. The van der Waals surface area contributed by atoms with E-state index in [0.29, 0.717) is 29.8 Å². The third kappa shape index (κ3) is 4.16. The van der Waals surface area contributed by atoms with Gasteiger partial charge in [-0.05, 0) is 50.1 Å². The number of anilines is 2. The van der Waals surface area contributed by atoms with E-state index in [1.54, 1.807) is 32.5 Å². The van der Waals surface area contributed by atoms with Crippen LogP contribution in [0.25, 0.3) is 22.8 Å². The molecule has 4 aromatic heterocycles. The molecule has 5 heterocycles. The Kier molecular flexibility index (Phi) is 6.05. The zero-order valence-corrected chi connectivity index (χ0v) is 22.2. The van der Waals surface area contributed by atoms with E-state index in [1.165, 1.54) is 16.7 Å². The third-order valence-electron chi connectivity index (χ3n) is 6.99. The summed E-state index contributed by atoms with van der Waals surface area (Å²) in [6.45, 7) is 6.01. The number of hydrogen-bond acceptors (Lipinski definition) is 7. The summed E-state index contributed by atoms with van der Waals surface area (Å²) in [5.74, 6) is -4.14. The highest BCUT2D eigenvalue weighted by Crippen LogP contribution is 2.42. The average Bonchev–Trinajstić information content (AvgIpc) is 3.57. The Balaban J connectivity index is 1.38. The Labute approximate surface area is 227 Å². The minimum atomic E-state index is -3.67. The summed E-state index contributed by atoms with van der Waals surface area (Å²) >= 11 is 0. The molecular weight excluding hydrogens is 521 g/mol. The second-order valence-electron chi connectivity index (χ2n) is 9.78. The van der Waals surface area contributed by atoms with Crippen LogP contribution in [-0.4, -0.2) is 41.4 Å². The topological polar surface area (TPSA) is 95.6 Å². The van der Waals surface area contributed by atoms with Crippen LogP contribution in [0.4, 0.5) is 24.8 Å². The molecular formula is C28H25F3N8O. The highest BCUT2D eigenvalue weighted by molar-refractivity contribution is 5.71. The largest absolute Gasteiger partial charge is 0.481 e. The molecule has 0 radical (unpaired) electrons. The third-order valence-corrected chi connectivity index (χ3v) is 6.99. The van der Waals surface area contributed by atoms with Gasteiger partial charge in [-0.3, -0.25) is 4.57 Å². The van der Waals surface area contributed by atoms with E-state index in [1.807, 2.05) is 30.7 Å². The van der Waals surface area contributed by atoms with Gasteiger partial charge in [0, 0.05) is 36.8 Å². The van der Waals surface area contributed by atoms with E-state index in [2.05, 4.69) is 25.5 Å². The fourth-order valence-electron chi connectivity index (χ4n) is 4.94. The summed E-state index contributed by atoms with van der Waals surface area (Å²) in [6, 6.07) is 8.03. The molecule has 40 heavy (non-hydrogen) atoms. The Morgan fingerprint density at radius 3 is 2.60 bits per heavy atom. The van der Waals surface area contributed by atoms with E-state index in [-0.39, 0.29) is 5.82 Å². The number of rotatable bonds is 6. The number of halogens is 3. The van der Waals surface area contributed by atoms with E-state index in [4.69, 9.17) is 9.72 Å². The Bertz CT molecular complexity index is 1750. The van der Waals surface area contributed by atoms with Gasteiger partial charge in [-0.15, -0.1) is 10.2 Å². The Morgan fingerprint density at radius 1 is 1.05 bits per heavy atom. The molecule has 0 aliphatic carbocycles. The molecule has 0 unspecified atom stereocenters. The van der Waals surface area contributed by atoms with Crippen molar-refractivity contribution in [2.45, 2.75) is 39.3 Å². The maximum absolute atomic E-state index is 15.5. The summed E-state index contributed by atoms with van der Waals surface area (Å²) in [7, 11) is 1.54. The van der Waals surface area contributed by atoms with E-state index < -0.39 is 29.2 Å². The quantitative estimate of drug-likeness (QED) is 0.287. The molecule has 1 N–H and O–H groups in total. The van der Waals surface area contributed by atoms with Crippen molar-refractivity contribution in [1.82, 2.24) is 34.3 Å². The highest BCUT2D eigenvalue weighted by Gasteiger charge is 2.44. The Morgan fingerprint density at radius 2 is 1.82 bits per heavy atom. The van der Waals surface area contributed by atoms with Crippen molar-refractivity contribution in [1.29, 1.82) is 0 Å². The van der Waals surface area contributed by atoms with Crippen LogP contribution in [0.5, 0.6) is 5.88 Å². The van der Waals surface area contributed by atoms with Crippen LogP contribution in [0.2, 0.25) is 0 Å². The fourth-order valence-corrected chi connectivity index (χ4v) is 4.94.